The summed E-state index contributed by atoms with van der Waals surface area (Å²) in [5.74, 6) is 1.81. The zero-order valence-electron chi connectivity index (χ0n) is 11.9. The monoisotopic (exact) mass is 338 g/mol. The maximum atomic E-state index is 5.82. The van der Waals surface area contributed by atoms with E-state index in [4.69, 9.17) is 4.74 Å². The molecule has 1 aromatic carbocycles. The molecule has 1 N–H and O–H groups in total. The van der Waals surface area contributed by atoms with Crippen molar-refractivity contribution < 1.29 is 4.74 Å². The lowest BCUT2D eigenvalue weighted by Crippen LogP contribution is -2.52. The second-order valence-corrected chi connectivity index (χ2v) is 6.77. The van der Waals surface area contributed by atoms with Crippen molar-refractivity contribution in [3.8, 4) is 5.75 Å². The summed E-state index contributed by atoms with van der Waals surface area (Å²) in [5.41, 5.74) is 0. The van der Waals surface area contributed by atoms with Crippen molar-refractivity contribution in [1.29, 1.82) is 0 Å². The summed E-state index contributed by atoms with van der Waals surface area (Å²) < 4.78 is 6.92. The van der Waals surface area contributed by atoms with Crippen molar-refractivity contribution in [2.24, 2.45) is 5.92 Å². The molecule has 0 saturated carbocycles. The first kappa shape index (κ1) is 14.4. The molecule has 0 spiro atoms. The Hall–Kier alpha value is -0.580. The van der Waals surface area contributed by atoms with Gasteiger partial charge in [-0.25, -0.2) is 0 Å². The molecule has 2 heterocycles. The second kappa shape index (κ2) is 6.92. The fraction of sp³-hybridized carbons (Fsp3) is 0.625. The van der Waals surface area contributed by atoms with Crippen LogP contribution in [0.25, 0.3) is 0 Å². The summed E-state index contributed by atoms with van der Waals surface area (Å²) in [4.78, 5) is 2.56. The van der Waals surface area contributed by atoms with Gasteiger partial charge in [0.15, 0.2) is 0 Å². The number of piperidine rings is 2. The average molecular weight is 339 g/mol. The van der Waals surface area contributed by atoms with Gasteiger partial charge < -0.3 is 10.1 Å². The quantitative estimate of drug-likeness (QED) is 0.913. The molecule has 2 unspecified atom stereocenters. The summed E-state index contributed by atoms with van der Waals surface area (Å²) in [7, 11) is 0. The van der Waals surface area contributed by atoms with Crippen molar-refractivity contribution in [3.63, 3.8) is 0 Å². The van der Waals surface area contributed by atoms with Crippen LogP contribution in [0.15, 0.2) is 28.7 Å². The highest BCUT2D eigenvalue weighted by Crippen LogP contribution is 2.24. The van der Waals surface area contributed by atoms with Gasteiger partial charge in [0.2, 0.25) is 0 Å². The Balaban J connectivity index is 1.41. The molecule has 20 heavy (non-hydrogen) atoms. The Bertz CT molecular complexity index is 423. The molecule has 3 rings (SSSR count). The van der Waals surface area contributed by atoms with Crippen LogP contribution in [0.2, 0.25) is 0 Å². The second-order valence-electron chi connectivity index (χ2n) is 5.85. The van der Waals surface area contributed by atoms with Gasteiger partial charge in [-0.1, -0.05) is 15.9 Å². The topological polar surface area (TPSA) is 24.5 Å². The SMILES string of the molecule is Brc1ccc(OCCN2CCC3NCCCC3C2)cc1. The predicted octanol–water partition coefficient (Wildman–Crippen LogP) is 2.90. The van der Waals surface area contributed by atoms with Crippen molar-refractivity contribution in [2.45, 2.75) is 25.3 Å². The van der Waals surface area contributed by atoms with Gasteiger partial charge in [0.1, 0.15) is 12.4 Å². The standard InChI is InChI=1S/C16H23BrN2O/c17-14-3-5-15(6-4-14)20-11-10-19-9-7-16-13(12-19)2-1-8-18-16/h3-6,13,16,18H,1-2,7-12H2. The Morgan fingerprint density at radius 3 is 2.95 bits per heavy atom. The minimum absolute atomic E-state index is 0.771. The number of benzene rings is 1. The van der Waals surface area contributed by atoms with Crippen molar-refractivity contribution >= 4 is 15.9 Å². The number of likely N-dealkylation sites (tertiary alicyclic amines) is 1. The van der Waals surface area contributed by atoms with Gasteiger partial charge in [0.25, 0.3) is 0 Å². The highest BCUT2D eigenvalue weighted by atomic mass is 79.9. The van der Waals surface area contributed by atoms with E-state index < -0.39 is 0 Å². The van der Waals surface area contributed by atoms with Crippen LogP contribution in [0.5, 0.6) is 5.75 Å². The van der Waals surface area contributed by atoms with Gasteiger partial charge in [0.05, 0.1) is 0 Å². The van der Waals surface area contributed by atoms with E-state index in [1.54, 1.807) is 0 Å². The summed E-state index contributed by atoms with van der Waals surface area (Å²) >= 11 is 3.44. The number of ether oxygens (including phenoxy) is 1. The first-order valence-electron chi connectivity index (χ1n) is 7.65. The van der Waals surface area contributed by atoms with Crippen LogP contribution >= 0.6 is 15.9 Å². The van der Waals surface area contributed by atoms with E-state index in [2.05, 4.69) is 26.1 Å². The van der Waals surface area contributed by atoms with Gasteiger partial charge in [-0.3, -0.25) is 4.90 Å². The summed E-state index contributed by atoms with van der Waals surface area (Å²) in [6.45, 7) is 5.48. The highest BCUT2D eigenvalue weighted by Gasteiger charge is 2.30. The fourth-order valence-corrected chi connectivity index (χ4v) is 3.61. The molecule has 0 aromatic heterocycles. The van der Waals surface area contributed by atoms with E-state index >= 15 is 0 Å². The summed E-state index contributed by atoms with van der Waals surface area (Å²) in [6.07, 6.45) is 4.02. The third kappa shape index (κ3) is 3.74. The molecule has 4 heteroatoms. The van der Waals surface area contributed by atoms with Gasteiger partial charge in [0, 0.05) is 23.6 Å². The molecule has 2 saturated heterocycles. The smallest absolute Gasteiger partial charge is 0.119 e. The van der Waals surface area contributed by atoms with E-state index in [1.807, 2.05) is 24.3 Å². The molecule has 110 valence electrons. The van der Waals surface area contributed by atoms with Gasteiger partial charge >= 0.3 is 0 Å². The van der Waals surface area contributed by atoms with Crippen LogP contribution < -0.4 is 10.1 Å². The van der Waals surface area contributed by atoms with E-state index in [0.717, 1.165) is 35.3 Å². The molecule has 3 nitrogen and oxygen atoms in total. The van der Waals surface area contributed by atoms with Crippen LogP contribution in [0.3, 0.4) is 0 Å². The fourth-order valence-electron chi connectivity index (χ4n) is 3.35. The molecule has 0 aliphatic carbocycles. The van der Waals surface area contributed by atoms with Crippen molar-refractivity contribution in [2.75, 3.05) is 32.8 Å². The van der Waals surface area contributed by atoms with E-state index in [9.17, 15) is 0 Å². The number of rotatable bonds is 4. The maximum Gasteiger partial charge on any atom is 0.119 e. The van der Waals surface area contributed by atoms with E-state index in [1.165, 1.54) is 38.9 Å². The molecule has 2 aliphatic heterocycles. The zero-order chi connectivity index (χ0) is 13.8. The summed E-state index contributed by atoms with van der Waals surface area (Å²) in [6, 6.07) is 8.85. The lowest BCUT2D eigenvalue weighted by Gasteiger charge is -2.41. The minimum atomic E-state index is 0.771. The average Bonchev–Trinajstić information content (AvgIpc) is 2.49. The highest BCUT2D eigenvalue weighted by molar-refractivity contribution is 9.10. The molecule has 0 bridgehead atoms. The zero-order valence-corrected chi connectivity index (χ0v) is 13.4. The van der Waals surface area contributed by atoms with Crippen LogP contribution in [-0.4, -0.2) is 43.7 Å². The van der Waals surface area contributed by atoms with Crippen LogP contribution in [-0.2, 0) is 0 Å². The van der Waals surface area contributed by atoms with E-state index in [0.29, 0.717) is 0 Å². The van der Waals surface area contributed by atoms with Gasteiger partial charge in [-0.15, -0.1) is 0 Å². The van der Waals surface area contributed by atoms with Crippen molar-refractivity contribution in [3.05, 3.63) is 28.7 Å². The molecule has 2 atom stereocenters. The number of hydrogen-bond donors (Lipinski definition) is 1. The first-order valence-corrected chi connectivity index (χ1v) is 8.45. The molecule has 1 aromatic rings. The Labute approximate surface area is 129 Å². The Kier molecular flexibility index (Phi) is 4.97. The van der Waals surface area contributed by atoms with Gasteiger partial charge in [-0.2, -0.15) is 0 Å². The molecule has 2 fully saturated rings. The molecule has 0 amide bonds. The maximum absolute atomic E-state index is 5.82. The molecular formula is C16H23BrN2O. The number of halogens is 1. The van der Waals surface area contributed by atoms with Crippen LogP contribution in [0, 0.1) is 5.92 Å². The third-order valence-electron chi connectivity index (χ3n) is 4.47. The normalized spacial score (nSPS) is 27.1. The number of nitrogens with one attached hydrogen (secondary N) is 1. The molecular weight excluding hydrogens is 316 g/mol. The van der Waals surface area contributed by atoms with Crippen molar-refractivity contribution in [1.82, 2.24) is 10.2 Å². The number of fused-ring (bicyclic) bond motifs is 1. The Morgan fingerprint density at radius 1 is 1.25 bits per heavy atom. The third-order valence-corrected chi connectivity index (χ3v) is 4.99. The lowest BCUT2D eigenvalue weighted by atomic mass is 9.85. The summed E-state index contributed by atoms with van der Waals surface area (Å²) in [5, 5.41) is 3.67. The largest absolute Gasteiger partial charge is 0.492 e. The molecule has 2 aliphatic rings. The first-order chi connectivity index (χ1) is 9.81. The number of hydrogen-bond acceptors (Lipinski definition) is 3. The predicted molar refractivity (Wildman–Crippen MR) is 85.2 cm³/mol. The molecule has 0 radical (unpaired) electrons. The lowest BCUT2D eigenvalue weighted by molar-refractivity contribution is 0.100. The Morgan fingerprint density at radius 2 is 2.10 bits per heavy atom. The minimum Gasteiger partial charge on any atom is -0.492 e. The van der Waals surface area contributed by atoms with E-state index in [-0.39, 0.29) is 0 Å². The van der Waals surface area contributed by atoms with Crippen LogP contribution in [0.4, 0.5) is 0 Å². The van der Waals surface area contributed by atoms with Gasteiger partial charge in [-0.05, 0) is 62.5 Å². The van der Waals surface area contributed by atoms with Crippen LogP contribution in [0.1, 0.15) is 19.3 Å². The number of nitrogens with zero attached hydrogens (tertiary/aromatic N) is 1.